The van der Waals surface area contributed by atoms with E-state index in [1.165, 1.54) is 17.2 Å². The van der Waals surface area contributed by atoms with Gasteiger partial charge in [0.2, 0.25) is 0 Å². The molecule has 0 aliphatic carbocycles. The fourth-order valence-electron chi connectivity index (χ4n) is 3.43. The molecule has 7 heteroatoms. The molecule has 0 spiro atoms. The molecule has 4 aromatic rings. The summed E-state index contributed by atoms with van der Waals surface area (Å²) in [5.74, 6) is -0.139. The number of nitrogen functional groups attached to an aromatic ring is 1. The third-order valence-corrected chi connectivity index (χ3v) is 6.23. The molecule has 0 saturated carbocycles. The third-order valence-electron chi connectivity index (χ3n) is 5.24. The zero-order valence-electron chi connectivity index (χ0n) is 19.2. The number of hydrogen-bond donors (Lipinski definition) is 1. The van der Waals surface area contributed by atoms with E-state index in [1.54, 1.807) is 36.7 Å². The monoisotopic (exact) mass is 600 g/mol. The molecular formula is C29H22Br2N4O. The summed E-state index contributed by atoms with van der Waals surface area (Å²) in [5.41, 5.74) is 11.9. The van der Waals surface area contributed by atoms with E-state index in [2.05, 4.69) is 65.0 Å². The Morgan fingerprint density at radius 3 is 2.17 bits per heavy atom. The highest BCUT2D eigenvalue weighted by molar-refractivity contribution is 9.10. The molecule has 3 heterocycles. The first kappa shape index (κ1) is 25.4. The molecule has 1 aliphatic heterocycles. The summed E-state index contributed by atoms with van der Waals surface area (Å²) >= 11 is 6.81. The highest BCUT2D eigenvalue weighted by atomic mass is 79.9. The van der Waals surface area contributed by atoms with E-state index in [4.69, 9.17) is 5.73 Å². The topological polar surface area (TPSA) is 81.2 Å². The molecule has 36 heavy (non-hydrogen) atoms. The van der Waals surface area contributed by atoms with Crippen molar-refractivity contribution in [3.63, 3.8) is 0 Å². The molecule has 0 fully saturated rings. The van der Waals surface area contributed by atoms with Crippen LogP contribution < -0.4 is 5.73 Å². The van der Waals surface area contributed by atoms with E-state index in [0.29, 0.717) is 11.3 Å². The van der Waals surface area contributed by atoms with Crippen molar-refractivity contribution in [1.82, 2.24) is 9.97 Å². The van der Waals surface area contributed by atoms with Gasteiger partial charge in [-0.25, -0.2) is 0 Å². The van der Waals surface area contributed by atoms with Crippen molar-refractivity contribution in [3.8, 4) is 0 Å². The summed E-state index contributed by atoms with van der Waals surface area (Å²) in [6.45, 7) is 0.768. The SMILES string of the molecule is Brc1ccc2c(c1)C(/C=C/c1ccccn1)=NC2.Nc1ccc(Br)cc1C(=O)/C=C/c1ccccn1. The molecule has 0 bridgehead atoms. The molecule has 5 nitrogen and oxygen atoms in total. The summed E-state index contributed by atoms with van der Waals surface area (Å²) in [7, 11) is 0. The number of carbonyl (C=O) groups excluding carboxylic acids is 1. The first-order valence-electron chi connectivity index (χ1n) is 11.1. The van der Waals surface area contributed by atoms with Crippen molar-refractivity contribution in [1.29, 1.82) is 0 Å². The number of fused-ring (bicyclic) bond motifs is 1. The largest absolute Gasteiger partial charge is 0.398 e. The number of aromatic nitrogens is 2. The number of hydrogen-bond acceptors (Lipinski definition) is 5. The van der Waals surface area contributed by atoms with Crippen LogP contribution in [0.15, 0.2) is 111 Å². The normalized spacial score (nSPS) is 12.2. The number of anilines is 1. The van der Waals surface area contributed by atoms with Crippen LogP contribution in [0, 0.1) is 0 Å². The number of rotatable bonds is 5. The standard InChI is InChI=1S/C15H11BrN2.C14H11BrN2O/c16-12-5-4-11-10-18-15(14(11)9-12)7-6-13-3-1-2-8-17-13;15-10-4-6-13(16)12(9-10)14(18)7-5-11-3-1-2-8-17-11/h1-9H,10H2;1-9H,16H2/b7-6+;7-5+. The number of benzene rings is 2. The molecule has 0 amide bonds. The number of halogens is 2. The van der Waals surface area contributed by atoms with Crippen LogP contribution in [0.3, 0.4) is 0 Å². The van der Waals surface area contributed by atoms with Gasteiger partial charge in [-0.1, -0.05) is 50.1 Å². The Labute approximate surface area is 226 Å². The van der Waals surface area contributed by atoms with Crippen LogP contribution in [0.25, 0.3) is 12.2 Å². The summed E-state index contributed by atoms with van der Waals surface area (Å²) in [4.78, 5) is 24.9. The number of ketones is 1. The number of aliphatic imine (C=N–C) groups is 1. The van der Waals surface area contributed by atoms with Gasteiger partial charge in [0.1, 0.15) is 0 Å². The van der Waals surface area contributed by atoms with Gasteiger partial charge in [-0.3, -0.25) is 19.8 Å². The van der Waals surface area contributed by atoms with E-state index >= 15 is 0 Å². The van der Waals surface area contributed by atoms with Gasteiger partial charge in [0.15, 0.2) is 5.78 Å². The Kier molecular flexibility index (Phi) is 8.71. The molecule has 2 aromatic heterocycles. The maximum Gasteiger partial charge on any atom is 0.188 e. The Hall–Kier alpha value is -3.68. The van der Waals surface area contributed by atoms with Crippen LogP contribution in [0.2, 0.25) is 0 Å². The molecule has 0 saturated heterocycles. The van der Waals surface area contributed by atoms with Crippen LogP contribution in [0.5, 0.6) is 0 Å². The molecule has 2 aromatic carbocycles. The fraction of sp³-hybridized carbons (Fsp3) is 0.0345. The van der Waals surface area contributed by atoms with Gasteiger partial charge >= 0.3 is 0 Å². The second kappa shape index (κ2) is 12.3. The summed E-state index contributed by atoms with van der Waals surface area (Å²) in [6, 6.07) is 22.9. The number of nitrogens with zero attached hydrogens (tertiary/aromatic N) is 3. The lowest BCUT2D eigenvalue weighted by Gasteiger charge is -2.02. The Bertz CT molecular complexity index is 1440. The Morgan fingerprint density at radius 2 is 1.47 bits per heavy atom. The summed E-state index contributed by atoms with van der Waals surface area (Å²) in [5, 5.41) is 0. The van der Waals surface area contributed by atoms with Crippen molar-refractivity contribution in [2.75, 3.05) is 5.73 Å². The van der Waals surface area contributed by atoms with E-state index in [-0.39, 0.29) is 5.78 Å². The van der Waals surface area contributed by atoms with Gasteiger partial charge in [-0.2, -0.15) is 0 Å². The lowest BCUT2D eigenvalue weighted by molar-refractivity contribution is 0.104. The van der Waals surface area contributed by atoms with Crippen LogP contribution in [-0.2, 0) is 6.54 Å². The molecule has 0 unspecified atom stereocenters. The van der Waals surface area contributed by atoms with Crippen molar-refractivity contribution in [2.45, 2.75) is 6.54 Å². The summed E-state index contributed by atoms with van der Waals surface area (Å²) in [6.07, 6.45) is 10.6. The lowest BCUT2D eigenvalue weighted by atomic mass is 10.1. The molecule has 5 rings (SSSR count). The van der Waals surface area contributed by atoms with Crippen LogP contribution in [0.1, 0.15) is 32.9 Å². The van der Waals surface area contributed by atoms with Crippen molar-refractivity contribution in [2.24, 2.45) is 4.99 Å². The van der Waals surface area contributed by atoms with Crippen LogP contribution in [-0.4, -0.2) is 21.5 Å². The average molecular weight is 602 g/mol. The highest BCUT2D eigenvalue weighted by Gasteiger charge is 2.13. The Balaban J connectivity index is 0.000000169. The minimum atomic E-state index is -0.139. The number of nitrogens with two attached hydrogens (primary N) is 1. The zero-order valence-corrected chi connectivity index (χ0v) is 22.4. The second-order valence-electron chi connectivity index (χ2n) is 7.77. The average Bonchev–Trinajstić information content (AvgIpc) is 3.31. The number of carbonyl (C=O) groups is 1. The van der Waals surface area contributed by atoms with Gasteiger partial charge in [0.25, 0.3) is 0 Å². The first-order valence-corrected chi connectivity index (χ1v) is 12.7. The maximum absolute atomic E-state index is 12.0. The van der Waals surface area contributed by atoms with E-state index in [0.717, 1.165) is 32.6 Å². The fourth-order valence-corrected chi connectivity index (χ4v) is 4.15. The minimum Gasteiger partial charge on any atom is -0.398 e. The van der Waals surface area contributed by atoms with Crippen molar-refractivity contribution < 1.29 is 4.79 Å². The van der Waals surface area contributed by atoms with Gasteiger partial charge in [-0.05, 0) is 84.5 Å². The van der Waals surface area contributed by atoms with Gasteiger partial charge < -0.3 is 5.73 Å². The predicted molar refractivity (Wildman–Crippen MR) is 154 cm³/mol. The van der Waals surface area contributed by atoms with Crippen molar-refractivity contribution >= 4 is 61.2 Å². The van der Waals surface area contributed by atoms with E-state index < -0.39 is 0 Å². The number of pyridine rings is 2. The van der Waals surface area contributed by atoms with Crippen LogP contribution >= 0.6 is 31.9 Å². The van der Waals surface area contributed by atoms with Gasteiger partial charge in [0.05, 0.1) is 23.6 Å². The quantitative estimate of drug-likeness (QED) is 0.149. The van der Waals surface area contributed by atoms with Crippen molar-refractivity contribution in [3.05, 3.63) is 134 Å². The van der Waals surface area contributed by atoms with Gasteiger partial charge in [-0.15, -0.1) is 0 Å². The van der Waals surface area contributed by atoms with Crippen LogP contribution in [0.4, 0.5) is 5.69 Å². The second-order valence-corrected chi connectivity index (χ2v) is 9.61. The smallest absolute Gasteiger partial charge is 0.188 e. The van der Waals surface area contributed by atoms with E-state index in [9.17, 15) is 4.79 Å². The predicted octanol–water partition coefficient (Wildman–Crippen LogP) is 7.18. The summed E-state index contributed by atoms with van der Waals surface area (Å²) < 4.78 is 1.91. The highest BCUT2D eigenvalue weighted by Crippen LogP contribution is 2.24. The van der Waals surface area contributed by atoms with E-state index in [1.807, 2.05) is 48.6 Å². The zero-order chi connectivity index (χ0) is 25.3. The third kappa shape index (κ3) is 6.93. The van der Waals surface area contributed by atoms with Gasteiger partial charge in [0, 0.05) is 38.2 Å². The molecular weight excluding hydrogens is 580 g/mol. The maximum atomic E-state index is 12.0. The first-order chi connectivity index (χ1) is 17.5. The molecule has 0 atom stereocenters. The molecule has 1 aliphatic rings. The minimum absolute atomic E-state index is 0.139. The number of allylic oxidation sites excluding steroid dienone is 2. The lowest BCUT2D eigenvalue weighted by Crippen LogP contribution is -2.00. The molecule has 2 N–H and O–H groups in total. The Morgan fingerprint density at radius 1 is 0.806 bits per heavy atom. The molecule has 0 radical (unpaired) electrons. The molecule has 178 valence electrons.